The van der Waals surface area contributed by atoms with E-state index in [2.05, 4.69) is 20.3 Å². The summed E-state index contributed by atoms with van der Waals surface area (Å²) in [6.07, 6.45) is 1.82. The van der Waals surface area contributed by atoms with E-state index in [1.54, 1.807) is 16.8 Å². The summed E-state index contributed by atoms with van der Waals surface area (Å²) in [7, 11) is 0. The topological polar surface area (TPSA) is 96.8 Å². The predicted octanol–water partition coefficient (Wildman–Crippen LogP) is 2.96. The molecule has 5 rings (SSSR count). The molecule has 1 N–H and O–H groups in total. The Morgan fingerprint density at radius 1 is 1.06 bits per heavy atom. The predicted molar refractivity (Wildman–Crippen MR) is 125 cm³/mol. The third-order valence-corrected chi connectivity index (χ3v) is 6.35. The Bertz CT molecular complexity index is 1370. The van der Waals surface area contributed by atoms with Crippen LogP contribution in [0.3, 0.4) is 0 Å². The first-order chi connectivity index (χ1) is 16.5. The lowest BCUT2D eigenvalue weighted by atomic mass is 9.95. The molecule has 1 saturated heterocycles. The minimum Gasteiger partial charge on any atom is -0.342 e. The van der Waals surface area contributed by atoms with Gasteiger partial charge in [0.2, 0.25) is 5.91 Å². The number of carbonyl (C=O) groups excluding carboxylic acids is 1. The molecule has 4 aromatic rings. The van der Waals surface area contributed by atoms with Crippen LogP contribution in [0.5, 0.6) is 0 Å². The fourth-order valence-electron chi connectivity index (χ4n) is 4.34. The van der Waals surface area contributed by atoms with E-state index in [0.29, 0.717) is 50.4 Å². The van der Waals surface area contributed by atoms with Crippen molar-refractivity contribution in [3.63, 3.8) is 0 Å². The smallest absolute Gasteiger partial charge is 0.281 e. The lowest BCUT2D eigenvalue weighted by molar-refractivity contribution is -0.131. The Balaban J connectivity index is 1.29. The van der Waals surface area contributed by atoms with E-state index >= 15 is 0 Å². The Kier molecular flexibility index (Phi) is 5.91. The molecule has 1 amide bonds. The zero-order chi connectivity index (χ0) is 23.7. The summed E-state index contributed by atoms with van der Waals surface area (Å²) < 4.78 is 14.8. The molecule has 2 aromatic carbocycles. The number of benzene rings is 2. The normalized spacial score (nSPS) is 14.6. The summed E-state index contributed by atoms with van der Waals surface area (Å²) in [5.41, 5.74) is 3.26. The first-order valence-electron chi connectivity index (χ1n) is 11.4. The zero-order valence-electron chi connectivity index (χ0n) is 18.9. The molecule has 174 valence electrons. The zero-order valence-corrected chi connectivity index (χ0v) is 18.9. The standard InChI is InChI=1S/C25H25FN6O2/c1-16-2-4-17(5-3-16)14-21(33)31-12-10-19(11-13-31)23-27-24-22(25(34)28-23)29-30-32(24)15-18-6-8-20(26)9-7-18/h2-9,19H,10-15H2,1H3,(H,27,28,34). The maximum Gasteiger partial charge on any atom is 0.281 e. The Hall–Kier alpha value is -3.88. The van der Waals surface area contributed by atoms with Crippen molar-refractivity contribution in [3.8, 4) is 0 Å². The second kappa shape index (κ2) is 9.17. The number of hydrogen-bond donors (Lipinski definition) is 1. The summed E-state index contributed by atoms with van der Waals surface area (Å²) in [6.45, 7) is 3.59. The molecule has 3 heterocycles. The molecule has 0 unspecified atom stereocenters. The minimum atomic E-state index is -0.330. The number of nitrogens with one attached hydrogen (secondary N) is 1. The number of amides is 1. The van der Waals surface area contributed by atoms with Gasteiger partial charge < -0.3 is 9.88 Å². The van der Waals surface area contributed by atoms with Crippen molar-refractivity contribution < 1.29 is 9.18 Å². The van der Waals surface area contributed by atoms with Crippen LogP contribution in [0.4, 0.5) is 4.39 Å². The largest absolute Gasteiger partial charge is 0.342 e. The van der Waals surface area contributed by atoms with Gasteiger partial charge in [0.1, 0.15) is 11.6 Å². The number of aromatic nitrogens is 5. The molecule has 0 spiro atoms. The number of H-pyrrole nitrogens is 1. The lowest BCUT2D eigenvalue weighted by Crippen LogP contribution is -2.39. The van der Waals surface area contributed by atoms with Crippen molar-refractivity contribution in [3.05, 3.63) is 87.2 Å². The number of rotatable bonds is 5. The molecular weight excluding hydrogens is 435 g/mol. The van der Waals surface area contributed by atoms with Gasteiger partial charge in [-0.1, -0.05) is 47.2 Å². The number of piperidine rings is 1. The summed E-state index contributed by atoms with van der Waals surface area (Å²) in [6, 6.07) is 14.1. The Morgan fingerprint density at radius 2 is 1.74 bits per heavy atom. The second-order valence-corrected chi connectivity index (χ2v) is 8.81. The fourth-order valence-corrected chi connectivity index (χ4v) is 4.34. The second-order valence-electron chi connectivity index (χ2n) is 8.81. The highest BCUT2D eigenvalue weighted by Crippen LogP contribution is 2.26. The maximum absolute atomic E-state index is 13.2. The first-order valence-corrected chi connectivity index (χ1v) is 11.4. The van der Waals surface area contributed by atoms with Crippen molar-refractivity contribution in [1.82, 2.24) is 29.9 Å². The van der Waals surface area contributed by atoms with Gasteiger partial charge in [0, 0.05) is 19.0 Å². The lowest BCUT2D eigenvalue weighted by Gasteiger charge is -2.31. The molecule has 0 radical (unpaired) electrons. The van der Waals surface area contributed by atoms with E-state index in [1.807, 2.05) is 36.1 Å². The first kappa shape index (κ1) is 21.9. The number of aryl methyl sites for hydroxylation is 1. The molecule has 8 nitrogen and oxygen atoms in total. The molecule has 9 heteroatoms. The van der Waals surface area contributed by atoms with E-state index in [0.717, 1.165) is 11.1 Å². The van der Waals surface area contributed by atoms with Crippen LogP contribution < -0.4 is 5.56 Å². The van der Waals surface area contributed by atoms with Gasteiger partial charge in [0.05, 0.1) is 13.0 Å². The third-order valence-electron chi connectivity index (χ3n) is 6.35. The van der Waals surface area contributed by atoms with Crippen LogP contribution in [0.1, 0.15) is 41.3 Å². The van der Waals surface area contributed by atoms with Gasteiger partial charge >= 0.3 is 0 Å². The number of halogens is 1. The molecule has 34 heavy (non-hydrogen) atoms. The van der Waals surface area contributed by atoms with Crippen molar-refractivity contribution in [1.29, 1.82) is 0 Å². The van der Waals surface area contributed by atoms with Crippen LogP contribution >= 0.6 is 0 Å². The highest BCUT2D eigenvalue weighted by atomic mass is 19.1. The molecule has 1 fully saturated rings. The number of nitrogens with zero attached hydrogens (tertiary/aromatic N) is 5. The van der Waals surface area contributed by atoms with Gasteiger partial charge in [-0.3, -0.25) is 9.59 Å². The van der Waals surface area contributed by atoms with Crippen molar-refractivity contribution >= 4 is 17.1 Å². The average Bonchev–Trinajstić information content (AvgIpc) is 3.25. The molecule has 0 atom stereocenters. The SMILES string of the molecule is Cc1ccc(CC(=O)N2CCC(c3nc4c(nnn4Cc4ccc(F)cc4)c(=O)[nH]3)CC2)cc1. The molecule has 1 aliphatic rings. The highest BCUT2D eigenvalue weighted by molar-refractivity contribution is 5.79. The summed E-state index contributed by atoms with van der Waals surface area (Å²) >= 11 is 0. The summed E-state index contributed by atoms with van der Waals surface area (Å²) in [4.78, 5) is 34.8. The number of hydrogen-bond acceptors (Lipinski definition) is 5. The quantitative estimate of drug-likeness (QED) is 0.494. The number of aromatic amines is 1. The average molecular weight is 461 g/mol. The van der Waals surface area contributed by atoms with Crippen molar-refractivity contribution in [2.75, 3.05) is 13.1 Å². The van der Waals surface area contributed by atoms with Crippen LogP contribution in [0.15, 0.2) is 53.3 Å². The molecule has 2 aromatic heterocycles. The van der Waals surface area contributed by atoms with E-state index in [-0.39, 0.29) is 28.7 Å². The number of fused-ring (bicyclic) bond motifs is 1. The van der Waals surface area contributed by atoms with Crippen LogP contribution in [0.2, 0.25) is 0 Å². The molecule has 1 aliphatic heterocycles. The number of carbonyl (C=O) groups is 1. The van der Waals surface area contributed by atoms with Crippen LogP contribution in [-0.2, 0) is 17.8 Å². The van der Waals surface area contributed by atoms with Gasteiger partial charge in [-0.25, -0.2) is 14.1 Å². The van der Waals surface area contributed by atoms with Crippen molar-refractivity contribution in [2.24, 2.45) is 0 Å². The fraction of sp³-hybridized carbons (Fsp3) is 0.320. The summed E-state index contributed by atoms with van der Waals surface area (Å²) in [5, 5.41) is 8.06. The van der Waals surface area contributed by atoms with Gasteiger partial charge in [-0.15, -0.1) is 5.10 Å². The molecule has 0 saturated carbocycles. The monoisotopic (exact) mass is 460 g/mol. The van der Waals surface area contributed by atoms with Crippen molar-refractivity contribution in [2.45, 2.75) is 38.6 Å². The van der Waals surface area contributed by atoms with E-state index in [4.69, 9.17) is 0 Å². The van der Waals surface area contributed by atoms with Crippen LogP contribution in [0, 0.1) is 12.7 Å². The molecular formula is C25H25FN6O2. The minimum absolute atomic E-state index is 0.0368. The molecule has 0 bridgehead atoms. The number of likely N-dealkylation sites (tertiary alicyclic amines) is 1. The van der Waals surface area contributed by atoms with Gasteiger partial charge in [-0.05, 0) is 43.0 Å². The van der Waals surface area contributed by atoms with Crippen LogP contribution in [0.25, 0.3) is 11.2 Å². The third kappa shape index (κ3) is 4.59. The van der Waals surface area contributed by atoms with Gasteiger partial charge in [0.15, 0.2) is 11.2 Å². The van der Waals surface area contributed by atoms with E-state index in [9.17, 15) is 14.0 Å². The Morgan fingerprint density at radius 3 is 2.44 bits per heavy atom. The maximum atomic E-state index is 13.2. The highest BCUT2D eigenvalue weighted by Gasteiger charge is 2.26. The van der Waals surface area contributed by atoms with Gasteiger partial charge in [0.25, 0.3) is 5.56 Å². The molecule has 0 aliphatic carbocycles. The van der Waals surface area contributed by atoms with Gasteiger partial charge in [-0.2, -0.15) is 0 Å². The summed E-state index contributed by atoms with van der Waals surface area (Å²) in [5.74, 6) is 0.425. The van der Waals surface area contributed by atoms with E-state index in [1.165, 1.54) is 17.7 Å². The van der Waals surface area contributed by atoms with E-state index < -0.39 is 0 Å². The van der Waals surface area contributed by atoms with Crippen LogP contribution in [-0.4, -0.2) is 48.9 Å². The Labute approximate surface area is 195 Å².